The smallest absolute Gasteiger partial charge is 0.224 e. The average molecular weight is 295 g/mol. The average Bonchev–Trinajstić information content (AvgIpc) is 2.82. The number of aromatic nitrogens is 4. The van der Waals surface area contributed by atoms with Crippen LogP contribution < -0.4 is 17.2 Å². The van der Waals surface area contributed by atoms with E-state index in [9.17, 15) is 10.2 Å². The van der Waals surface area contributed by atoms with E-state index in [4.69, 9.17) is 21.9 Å². The number of hydrogen-bond acceptors (Lipinski definition) is 9. The van der Waals surface area contributed by atoms with E-state index in [1.165, 1.54) is 6.33 Å². The minimum atomic E-state index is -1.10. The molecule has 0 spiro atoms. The third kappa shape index (κ3) is 2.38. The standard InChI is InChI=1S/C11H17N7O3/c12-4-2-21-5(8(20)7(4)19)1-18-3-15-10-6(18)9(13)16-11(14)17-10/h3-5,7-8,19-20H,1-2,12H2,(H4,13,14,16,17)/t4-,5-,7+,8-/m1/s1. The van der Waals surface area contributed by atoms with Gasteiger partial charge in [0, 0.05) is 0 Å². The van der Waals surface area contributed by atoms with Gasteiger partial charge in [-0.15, -0.1) is 0 Å². The molecule has 3 rings (SSSR count). The minimum Gasteiger partial charge on any atom is -0.389 e. The van der Waals surface area contributed by atoms with Crippen molar-refractivity contribution in [1.82, 2.24) is 19.5 Å². The first-order valence-corrected chi connectivity index (χ1v) is 6.44. The molecule has 0 radical (unpaired) electrons. The number of aliphatic hydroxyl groups is 2. The molecule has 1 saturated heterocycles. The predicted molar refractivity (Wildman–Crippen MR) is 73.9 cm³/mol. The lowest BCUT2D eigenvalue weighted by Crippen LogP contribution is -2.57. The van der Waals surface area contributed by atoms with Crippen molar-refractivity contribution in [2.24, 2.45) is 5.73 Å². The van der Waals surface area contributed by atoms with Gasteiger partial charge in [0.15, 0.2) is 11.5 Å². The van der Waals surface area contributed by atoms with Gasteiger partial charge >= 0.3 is 0 Å². The fourth-order valence-electron chi connectivity index (χ4n) is 2.42. The summed E-state index contributed by atoms with van der Waals surface area (Å²) in [6, 6.07) is -0.607. The van der Waals surface area contributed by atoms with E-state index in [-0.39, 0.29) is 24.9 Å². The van der Waals surface area contributed by atoms with E-state index in [2.05, 4.69) is 15.0 Å². The normalized spacial score (nSPS) is 29.9. The van der Waals surface area contributed by atoms with Gasteiger partial charge in [-0.3, -0.25) is 0 Å². The SMILES string of the molecule is Nc1nc(N)c2c(ncn2C[C@H]2OC[C@@H](N)[C@H](O)[C@@H]2O)n1. The molecule has 0 bridgehead atoms. The zero-order valence-corrected chi connectivity index (χ0v) is 11.1. The molecule has 1 aliphatic heterocycles. The fraction of sp³-hybridized carbons (Fsp3) is 0.545. The summed E-state index contributed by atoms with van der Waals surface area (Å²) in [5, 5.41) is 19.8. The van der Waals surface area contributed by atoms with Crippen LogP contribution in [-0.4, -0.2) is 60.7 Å². The molecule has 10 nitrogen and oxygen atoms in total. The first-order chi connectivity index (χ1) is 9.97. The van der Waals surface area contributed by atoms with Crippen molar-refractivity contribution >= 4 is 22.9 Å². The largest absolute Gasteiger partial charge is 0.389 e. The Balaban J connectivity index is 1.89. The number of anilines is 2. The molecular formula is C11H17N7O3. The van der Waals surface area contributed by atoms with Crippen LogP contribution in [0.4, 0.5) is 11.8 Å². The highest BCUT2D eigenvalue weighted by molar-refractivity contribution is 5.82. The Kier molecular flexibility index (Phi) is 3.37. The van der Waals surface area contributed by atoms with Gasteiger partial charge in [-0.1, -0.05) is 0 Å². The van der Waals surface area contributed by atoms with Crippen molar-refractivity contribution in [3.05, 3.63) is 6.33 Å². The van der Waals surface area contributed by atoms with Gasteiger partial charge in [-0.2, -0.15) is 9.97 Å². The van der Waals surface area contributed by atoms with Crippen LogP contribution in [0.3, 0.4) is 0 Å². The maximum Gasteiger partial charge on any atom is 0.224 e. The third-order valence-corrected chi connectivity index (χ3v) is 3.57. The Hall–Kier alpha value is -2.01. The van der Waals surface area contributed by atoms with Crippen molar-refractivity contribution in [1.29, 1.82) is 0 Å². The van der Waals surface area contributed by atoms with Crippen molar-refractivity contribution < 1.29 is 14.9 Å². The summed E-state index contributed by atoms with van der Waals surface area (Å²) in [6.45, 7) is 0.396. The van der Waals surface area contributed by atoms with Gasteiger partial charge in [0.25, 0.3) is 0 Å². The van der Waals surface area contributed by atoms with Crippen molar-refractivity contribution in [3.8, 4) is 0 Å². The Morgan fingerprint density at radius 3 is 2.81 bits per heavy atom. The summed E-state index contributed by atoms with van der Waals surface area (Å²) >= 11 is 0. The summed E-state index contributed by atoms with van der Waals surface area (Å²) < 4.78 is 7.12. The van der Waals surface area contributed by atoms with Gasteiger partial charge < -0.3 is 36.7 Å². The molecule has 2 aromatic heterocycles. The molecule has 4 atom stereocenters. The van der Waals surface area contributed by atoms with E-state index in [1.807, 2.05) is 0 Å². The number of nitrogen functional groups attached to an aromatic ring is 2. The van der Waals surface area contributed by atoms with Crippen molar-refractivity contribution in [3.63, 3.8) is 0 Å². The lowest BCUT2D eigenvalue weighted by molar-refractivity contribution is -0.148. The van der Waals surface area contributed by atoms with Crippen LogP contribution in [0.2, 0.25) is 0 Å². The van der Waals surface area contributed by atoms with Crippen molar-refractivity contribution in [2.45, 2.75) is 30.9 Å². The quantitative estimate of drug-likeness (QED) is 0.399. The van der Waals surface area contributed by atoms with E-state index >= 15 is 0 Å². The van der Waals surface area contributed by atoms with Gasteiger partial charge in [-0.25, -0.2) is 4.98 Å². The molecule has 21 heavy (non-hydrogen) atoms. The van der Waals surface area contributed by atoms with E-state index < -0.39 is 24.4 Å². The second-order valence-electron chi connectivity index (χ2n) is 5.05. The molecule has 0 aliphatic carbocycles. The third-order valence-electron chi connectivity index (χ3n) is 3.57. The summed E-state index contributed by atoms with van der Waals surface area (Å²) in [5.41, 5.74) is 17.8. The summed E-state index contributed by atoms with van der Waals surface area (Å²) in [7, 11) is 0. The summed E-state index contributed by atoms with van der Waals surface area (Å²) in [6.07, 6.45) is -1.26. The number of aliphatic hydroxyl groups excluding tert-OH is 2. The number of nitrogens with two attached hydrogens (primary N) is 3. The molecule has 1 aliphatic rings. The first kappa shape index (κ1) is 13.9. The van der Waals surface area contributed by atoms with Crippen LogP contribution in [0, 0.1) is 0 Å². The van der Waals surface area contributed by atoms with Crippen LogP contribution in [-0.2, 0) is 11.3 Å². The molecule has 2 aromatic rings. The summed E-state index contributed by atoms with van der Waals surface area (Å²) in [4.78, 5) is 12.0. The number of nitrogens with zero attached hydrogens (tertiary/aromatic N) is 4. The second kappa shape index (κ2) is 5.07. The zero-order chi connectivity index (χ0) is 15.1. The maximum absolute atomic E-state index is 10.0. The lowest BCUT2D eigenvalue weighted by atomic mass is 9.99. The van der Waals surface area contributed by atoms with Crippen LogP contribution in [0.25, 0.3) is 11.2 Å². The molecule has 0 unspecified atom stereocenters. The second-order valence-corrected chi connectivity index (χ2v) is 5.05. The molecule has 10 heteroatoms. The van der Waals surface area contributed by atoms with Gasteiger partial charge in [0.05, 0.1) is 31.6 Å². The van der Waals surface area contributed by atoms with Gasteiger partial charge in [0.1, 0.15) is 17.7 Å². The van der Waals surface area contributed by atoms with Crippen LogP contribution >= 0.6 is 0 Å². The Bertz CT molecular complexity index is 661. The zero-order valence-electron chi connectivity index (χ0n) is 11.1. The number of ether oxygens (including phenoxy) is 1. The molecule has 0 aromatic carbocycles. The van der Waals surface area contributed by atoms with E-state index in [1.54, 1.807) is 4.57 Å². The highest BCUT2D eigenvalue weighted by atomic mass is 16.5. The molecule has 0 amide bonds. The fourth-order valence-corrected chi connectivity index (χ4v) is 2.42. The number of rotatable bonds is 2. The first-order valence-electron chi connectivity index (χ1n) is 6.44. The topological polar surface area (TPSA) is 171 Å². The van der Waals surface area contributed by atoms with Crippen LogP contribution in [0.15, 0.2) is 6.33 Å². The maximum atomic E-state index is 10.0. The van der Waals surface area contributed by atoms with Crippen LogP contribution in [0.5, 0.6) is 0 Å². The molecular weight excluding hydrogens is 278 g/mol. The minimum absolute atomic E-state index is 0.0422. The highest BCUT2D eigenvalue weighted by Crippen LogP contribution is 2.21. The predicted octanol–water partition coefficient (Wildman–Crippen LogP) is -2.56. The monoisotopic (exact) mass is 295 g/mol. The molecule has 0 saturated carbocycles. The number of imidazole rings is 1. The number of fused-ring (bicyclic) bond motifs is 1. The molecule has 1 fully saturated rings. The van der Waals surface area contributed by atoms with E-state index in [0.29, 0.717) is 11.2 Å². The Morgan fingerprint density at radius 1 is 1.29 bits per heavy atom. The Morgan fingerprint density at radius 2 is 2.05 bits per heavy atom. The van der Waals surface area contributed by atoms with Gasteiger partial charge in [-0.05, 0) is 0 Å². The lowest BCUT2D eigenvalue weighted by Gasteiger charge is -2.36. The highest BCUT2D eigenvalue weighted by Gasteiger charge is 2.36. The Labute approximate surface area is 119 Å². The van der Waals surface area contributed by atoms with E-state index in [0.717, 1.165) is 0 Å². The molecule has 114 valence electrons. The van der Waals surface area contributed by atoms with Crippen LogP contribution in [0.1, 0.15) is 0 Å². The molecule has 3 heterocycles. The van der Waals surface area contributed by atoms with Crippen molar-refractivity contribution in [2.75, 3.05) is 18.1 Å². The molecule has 8 N–H and O–H groups in total. The number of hydrogen-bond donors (Lipinski definition) is 5. The van der Waals surface area contributed by atoms with Gasteiger partial charge in [0.2, 0.25) is 5.95 Å². The summed E-state index contributed by atoms with van der Waals surface area (Å²) in [5.74, 6) is 0.234.